The topological polar surface area (TPSA) is 28.7 Å². The molecule has 4 heteroatoms. The van der Waals surface area contributed by atoms with E-state index in [1.54, 1.807) is 18.0 Å². The van der Waals surface area contributed by atoms with E-state index in [0.29, 0.717) is 0 Å². The highest BCUT2D eigenvalue weighted by Gasteiger charge is 2.10. The van der Waals surface area contributed by atoms with Crippen molar-refractivity contribution in [2.45, 2.75) is 10.6 Å². The Bertz CT molecular complexity index is 452. The maximum absolute atomic E-state index is 4.33. The molecule has 1 aromatic heterocycles. The van der Waals surface area contributed by atoms with E-state index in [4.69, 9.17) is 0 Å². The van der Waals surface area contributed by atoms with Gasteiger partial charge in [0.1, 0.15) is 5.82 Å². The van der Waals surface area contributed by atoms with Crippen molar-refractivity contribution in [2.75, 3.05) is 12.5 Å². The van der Waals surface area contributed by atoms with Crippen LogP contribution in [0.5, 0.6) is 0 Å². The second-order valence-electron chi connectivity index (χ2n) is 3.36. The van der Waals surface area contributed by atoms with Gasteiger partial charge in [0.25, 0.3) is 0 Å². The fourth-order valence-corrected chi connectivity index (χ4v) is 3.02. The molecule has 0 bridgehead atoms. The highest BCUT2D eigenvalue weighted by atomic mass is 32.2. The van der Waals surface area contributed by atoms with Gasteiger partial charge >= 0.3 is 0 Å². The molecule has 0 unspecified atom stereocenters. The molecule has 2 rings (SSSR count). The number of hydrogen-bond donors (Lipinski definition) is 1. The van der Waals surface area contributed by atoms with Crippen LogP contribution in [0.2, 0.25) is 0 Å². The maximum atomic E-state index is 4.33. The van der Waals surface area contributed by atoms with E-state index < -0.39 is 0 Å². The number of thioether (sulfide) groups is 2. The van der Waals surface area contributed by atoms with Gasteiger partial charge in [-0.15, -0.1) is 11.8 Å². The van der Waals surface area contributed by atoms with Crippen LogP contribution in [-0.2, 0) is 5.75 Å². The van der Waals surface area contributed by atoms with Crippen molar-refractivity contribution in [2.24, 2.45) is 0 Å². The molecule has 0 spiro atoms. The first-order chi connectivity index (χ1) is 7.86. The van der Waals surface area contributed by atoms with Gasteiger partial charge in [0.15, 0.2) is 0 Å². The first-order valence-electron chi connectivity index (χ1n) is 5.01. The molecule has 0 aliphatic rings. The second kappa shape index (κ2) is 5.46. The Labute approximate surface area is 104 Å². The van der Waals surface area contributed by atoms with Crippen molar-refractivity contribution in [3.05, 3.63) is 36.2 Å². The summed E-state index contributed by atoms with van der Waals surface area (Å²) < 4.78 is 0. The first kappa shape index (κ1) is 11.6. The van der Waals surface area contributed by atoms with Crippen molar-refractivity contribution in [1.82, 2.24) is 9.97 Å². The molecule has 2 nitrogen and oxygen atoms in total. The van der Waals surface area contributed by atoms with Crippen LogP contribution in [0.1, 0.15) is 5.56 Å². The predicted octanol–water partition coefficient (Wildman–Crippen LogP) is 3.66. The molecule has 0 aliphatic carbocycles. The lowest BCUT2D eigenvalue weighted by Gasteiger charge is -2.10. The fraction of sp³-hybridized carbons (Fsp3) is 0.250. The SMILES string of the molecule is CSCc1c(SC)cccc1-c1ncc[nH]1. The molecule has 84 valence electrons. The van der Waals surface area contributed by atoms with Crippen molar-refractivity contribution in [3.8, 4) is 11.4 Å². The molecule has 0 saturated carbocycles. The number of aromatic amines is 1. The molecule has 2 aromatic rings. The van der Waals surface area contributed by atoms with Crippen molar-refractivity contribution in [3.63, 3.8) is 0 Å². The quantitative estimate of drug-likeness (QED) is 0.839. The summed E-state index contributed by atoms with van der Waals surface area (Å²) in [7, 11) is 0. The van der Waals surface area contributed by atoms with Gasteiger partial charge < -0.3 is 4.98 Å². The number of H-pyrrole nitrogens is 1. The van der Waals surface area contributed by atoms with Gasteiger partial charge in [-0.05, 0) is 24.1 Å². The van der Waals surface area contributed by atoms with Gasteiger partial charge in [0, 0.05) is 28.6 Å². The molecule has 0 atom stereocenters. The Morgan fingerprint density at radius 3 is 2.81 bits per heavy atom. The fourth-order valence-electron chi connectivity index (χ4n) is 1.68. The minimum absolute atomic E-state index is 0.958. The summed E-state index contributed by atoms with van der Waals surface area (Å²) in [4.78, 5) is 8.84. The van der Waals surface area contributed by atoms with E-state index in [1.807, 2.05) is 18.0 Å². The van der Waals surface area contributed by atoms with Crippen LogP contribution in [-0.4, -0.2) is 22.5 Å². The molecule has 0 radical (unpaired) electrons. The zero-order valence-corrected chi connectivity index (χ0v) is 11.0. The summed E-state index contributed by atoms with van der Waals surface area (Å²) in [5.74, 6) is 1.98. The third-order valence-corrected chi connectivity index (χ3v) is 3.79. The molecular formula is C12H14N2S2. The average Bonchev–Trinajstić information content (AvgIpc) is 2.83. The largest absolute Gasteiger partial charge is 0.345 e. The van der Waals surface area contributed by atoms with Crippen LogP contribution in [0.3, 0.4) is 0 Å². The molecule has 0 aliphatic heterocycles. The number of benzene rings is 1. The highest BCUT2D eigenvalue weighted by molar-refractivity contribution is 7.99. The average molecular weight is 250 g/mol. The smallest absolute Gasteiger partial charge is 0.137 e. The van der Waals surface area contributed by atoms with Crippen LogP contribution in [0.4, 0.5) is 0 Å². The lowest BCUT2D eigenvalue weighted by molar-refractivity contribution is 1.22. The molecule has 0 amide bonds. The first-order valence-corrected chi connectivity index (χ1v) is 7.63. The standard InChI is InChI=1S/C12H14N2S2/c1-15-8-10-9(12-13-6-7-14-12)4-3-5-11(10)16-2/h3-7H,8H2,1-2H3,(H,13,14). The van der Waals surface area contributed by atoms with Gasteiger partial charge in [-0.1, -0.05) is 12.1 Å². The van der Waals surface area contributed by atoms with E-state index in [-0.39, 0.29) is 0 Å². The summed E-state index contributed by atoms with van der Waals surface area (Å²) in [6.07, 6.45) is 7.90. The normalized spacial score (nSPS) is 10.6. The number of rotatable bonds is 4. The van der Waals surface area contributed by atoms with Crippen LogP contribution in [0.15, 0.2) is 35.5 Å². The van der Waals surface area contributed by atoms with Crippen LogP contribution in [0, 0.1) is 0 Å². The Kier molecular flexibility index (Phi) is 3.96. The summed E-state index contributed by atoms with van der Waals surface area (Å²) in [5.41, 5.74) is 2.59. The van der Waals surface area contributed by atoms with Crippen LogP contribution < -0.4 is 0 Å². The third kappa shape index (κ3) is 2.28. The van der Waals surface area contributed by atoms with Gasteiger partial charge in [0.2, 0.25) is 0 Å². The number of hydrogen-bond acceptors (Lipinski definition) is 3. The maximum Gasteiger partial charge on any atom is 0.137 e. The van der Waals surface area contributed by atoms with Crippen molar-refractivity contribution in [1.29, 1.82) is 0 Å². The molecule has 1 heterocycles. The second-order valence-corrected chi connectivity index (χ2v) is 5.07. The Balaban J connectivity index is 2.51. The summed E-state index contributed by atoms with van der Waals surface area (Å²) in [5, 5.41) is 0. The number of nitrogens with zero attached hydrogens (tertiary/aromatic N) is 1. The van der Waals surface area contributed by atoms with Gasteiger partial charge in [-0.25, -0.2) is 4.98 Å². The van der Waals surface area contributed by atoms with E-state index >= 15 is 0 Å². The Morgan fingerprint density at radius 2 is 2.19 bits per heavy atom. The molecular weight excluding hydrogens is 236 g/mol. The summed E-state index contributed by atoms with van der Waals surface area (Å²) in [6, 6.07) is 6.39. The van der Waals surface area contributed by atoms with E-state index in [0.717, 1.165) is 11.6 Å². The van der Waals surface area contributed by atoms with E-state index in [1.165, 1.54) is 16.0 Å². The zero-order chi connectivity index (χ0) is 11.4. The van der Waals surface area contributed by atoms with Crippen LogP contribution >= 0.6 is 23.5 Å². The lowest BCUT2D eigenvalue weighted by Crippen LogP contribution is -1.92. The van der Waals surface area contributed by atoms with E-state index in [2.05, 4.69) is 40.7 Å². The van der Waals surface area contributed by atoms with Gasteiger partial charge in [0.05, 0.1) is 0 Å². The molecule has 0 saturated heterocycles. The van der Waals surface area contributed by atoms with Gasteiger partial charge in [-0.2, -0.15) is 11.8 Å². The molecule has 0 fully saturated rings. The Hall–Kier alpha value is -0.870. The Morgan fingerprint density at radius 1 is 1.31 bits per heavy atom. The minimum Gasteiger partial charge on any atom is -0.345 e. The predicted molar refractivity (Wildman–Crippen MR) is 73.0 cm³/mol. The van der Waals surface area contributed by atoms with Crippen molar-refractivity contribution < 1.29 is 0 Å². The molecule has 1 aromatic carbocycles. The van der Waals surface area contributed by atoms with E-state index in [9.17, 15) is 0 Å². The van der Waals surface area contributed by atoms with Gasteiger partial charge in [-0.3, -0.25) is 0 Å². The number of aromatic nitrogens is 2. The highest BCUT2D eigenvalue weighted by Crippen LogP contribution is 2.31. The molecule has 1 N–H and O–H groups in total. The van der Waals surface area contributed by atoms with Crippen molar-refractivity contribution >= 4 is 23.5 Å². The minimum atomic E-state index is 0.958. The summed E-state index contributed by atoms with van der Waals surface area (Å²) in [6.45, 7) is 0. The lowest BCUT2D eigenvalue weighted by atomic mass is 10.1. The summed E-state index contributed by atoms with van der Waals surface area (Å²) >= 11 is 3.63. The molecule has 16 heavy (non-hydrogen) atoms. The monoisotopic (exact) mass is 250 g/mol. The zero-order valence-electron chi connectivity index (χ0n) is 9.36. The third-order valence-electron chi connectivity index (χ3n) is 2.39. The van der Waals surface area contributed by atoms with Crippen LogP contribution in [0.25, 0.3) is 11.4 Å². The number of imidazole rings is 1. The number of nitrogens with one attached hydrogen (secondary N) is 1.